The standard InChI is InChI=1S/C31H28ClN7/c32-26-16-23(35-29(20-7-3-1-4-8-20)27-19-39(38-37-27)24-11-12-24)15-25-28(21(17-33)18-34-30(25)26)36-31(13-14-31)22-9-5-2-6-10-22/h1-10,15-16,18-19,24,29,35,37-38H,11-14H2,(H,34,36)/t29-/m1/s1/i29D. The second-order valence-corrected chi connectivity index (χ2v) is 10.8. The zero-order chi connectivity index (χ0) is 27.3. The molecule has 4 aromatic rings. The summed E-state index contributed by atoms with van der Waals surface area (Å²) < 4.78 is 9.69. The zero-order valence-electron chi connectivity index (χ0n) is 22.2. The summed E-state index contributed by atoms with van der Waals surface area (Å²) in [7, 11) is 0. The minimum Gasteiger partial charge on any atom is -0.374 e. The van der Waals surface area contributed by atoms with Crippen molar-refractivity contribution in [2.75, 3.05) is 10.6 Å². The van der Waals surface area contributed by atoms with E-state index in [2.05, 4.69) is 44.8 Å². The first-order valence-electron chi connectivity index (χ1n) is 13.7. The van der Waals surface area contributed by atoms with E-state index in [1.807, 2.05) is 65.8 Å². The summed E-state index contributed by atoms with van der Waals surface area (Å²) in [6.07, 6.45) is 7.71. The number of nitriles is 1. The van der Waals surface area contributed by atoms with Crippen LogP contribution in [0.25, 0.3) is 10.9 Å². The molecule has 7 nitrogen and oxygen atoms in total. The van der Waals surface area contributed by atoms with E-state index in [9.17, 15) is 6.63 Å². The predicted octanol–water partition coefficient (Wildman–Crippen LogP) is 6.34. The topological polar surface area (TPSA) is 88.0 Å². The van der Waals surface area contributed by atoms with E-state index in [-0.39, 0.29) is 5.54 Å². The number of benzene rings is 3. The highest BCUT2D eigenvalue weighted by Gasteiger charge is 2.45. The van der Waals surface area contributed by atoms with E-state index in [0.717, 1.165) is 36.6 Å². The van der Waals surface area contributed by atoms with Crippen LogP contribution in [0.1, 0.15) is 49.8 Å². The number of halogens is 1. The lowest BCUT2D eigenvalue weighted by atomic mass is 10.0. The SMILES string of the molecule is [2H][C@](Nc1cc(Cl)c2ncc(C#N)c(NC3(c4ccccc4)CC3)c2c1)(C1=CN(C2CC2)NN1)c1ccccc1. The average Bonchev–Trinajstić information content (AvgIpc) is 3.93. The highest BCUT2D eigenvalue weighted by Crippen LogP contribution is 2.50. The third kappa shape index (κ3) is 4.52. The third-order valence-electron chi connectivity index (χ3n) is 7.62. The Morgan fingerprint density at radius 1 is 1.10 bits per heavy atom. The molecule has 3 aliphatic rings. The van der Waals surface area contributed by atoms with Gasteiger partial charge in [-0.15, -0.1) is 5.53 Å². The monoisotopic (exact) mass is 534 g/mol. The van der Waals surface area contributed by atoms with Gasteiger partial charge in [-0.3, -0.25) is 9.99 Å². The number of fused-ring (bicyclic) bond motifs is 1. The van der Waals surface area contributed by atoms with Gasteiger partial charge in [0.25, 0.3) is 0 Å². The Balaban J connectivity index is 1.32. The van der Waals surface area contributed by atoms with Crippen molar-refractivity contribution in [1.29, 1.82) is 5.26 Å². The predicted molar refractivity (Wildman–Crippen MR) is 154 cm³/mol. The molecule has 194 valence electrons. The van der Waals surface area contributed by atoms with E-state index < -0.39 is 6.02 Å². The minimum absolute atomic E-state index is 0.239. The number of nitrogens with one attached hydrogen (secondary N) is 4. The highest BCUT2D eigenvalue weighted by molar-refractivity contribution is 6.35. The van der Waals surface area contributed by atoms with Crippen LogP contribution >= 0.6 is 11.6 Å². The first-order valence-corrected chi connectivity index (χ1v) is 13.6. The fourth-order valence-electron chi connectivity index (χ4n) is 5.21. The summed E-state index contributed by atoms with van der Waals surface area (Å²) in [4.78, 5) is 4.54. The number of anilines is 2. The smallest absolute Gasteiger partial charge is 0.103 e. The molecule has 0 spiro atoms. The minimum atomic E-state index is -1.34. The number of hydrogen-bond donors (Lipinski definition) is 4. The van der Waals surface area contributed by atoms with Gasteiger partial charge in [0, 0.05) is 29.5 Å². The molecule has 0 bridgehead atoms. The van der Waals surface area contributed by atoms with Crippen LogP contribution in [-0.2, 0) is 5.54 Å². The van der Waals surface area contributed by atoms with Crippen LogP contribution in [-0.4, -0.2) is 16.0 Å². The largest absolute Gasteiger partial charge is 0.374 e. The van der Waals surface area contributed by atoms with Gasteiger partial charge in [-0.05, 0) is 48.9 Å². The van der Waals surface area contributed by atoms with Crippen molar-refractivity contribution in [2.24, 2.45) is 0 Å². The molecule has 0 radical (unpaired) electrons. The number of rotatable bonds is 8. The Morgan fingerprint density at radius 2 is 1.85 bits per heavy atom. The van der Waals surface area contributed by atoms with Crippen molar-refractivity contribution in [3.05, 3.63) is 113 Å². The maximum absolute atomic E-state index is 10.0. The number of aromatic nitrogens is 1. The lowest BCUT2D eigenvalue weighted by Crippen LogP contribution is -2.38. The molecule has 2 aliphatic carbocycles. The molecule has 7 rings (SSSR count). The average molecular weight is 535 g/mol. The van der Waals surface area contributed by atoms with Gasteiger partial charge in [0.15, 0.2) is 0 Å². The maximum Gasteiger partial charge on any atom is 0.103 e. The molecule has 2 saturated carbocycles. The lowest BCUT2D eigenvalue weighted by Gasteiger charge is -2.24. The van der Waals surface area contributed by atoms with Gasteiger partial charge in [-0.1, -0.05) is 72.3 Å². The summed E-state index contributed by atoms with van der Waals surface area (Å²) in [6.45, 7) is 0. The molecule has 4 N–H and O–H groups in total. The maximum atomic E-state index is 10.0. The molecule has 0 amide bonds. The molecular weight excluding hydrogens is 506 g/mol. The highest BCUT2D eigenvalue weighted by atomic mass is 35.5. The quantitative estimate of drug-likeness (QED) is 0.210. The molecule has 39 heavy (non-hydrogen) atoms. The molecule has 2 fully saturated rings. The number of nitrogens with zero attached hydrogens (tertiary/aromatic N) is 3. The first-order chi connectivity index (χ1) is 19.5. The number of hydrogen-bond acceptors (Lipinski definition) is 7. The Morgan fingerprint density at radius 3 is 2.54 bits per heavy atom. The summed E-state index contributed by atoms with van der Waals surface area (Å²) in [5.41, 5.74) is 11.2. The molecule has 8 heteroatoms. The van der Waals surface area contributed by atoms with Crippen molar-refractivity contribution < 1.29 is 1.37 Å². The van der Waals surface area contributed by atoms with Gasteiger partial charge in [0.1, 0.15) is 6.07 Å². The molecule has 1 atom stereocenters. The molecule has 0 saturated heterocycles. The van der Waals surface area contributed by atoms with Crippen LogP contribution in [0, 0.1) is 11.3 Å². The van der Waals surface area contributed by atoms with E-state index >= 15 is 0 Å². The second kappa shape index (κ2) is 9.49. The third-order valence-corrected chi connectivity index (χ3v) is 7.90. The summed E-state index contributed by atoms with van der Waals surface area (Å²) in [5.74, 6) is 0. The Hall–Kier alpha value is -4.25. The van der Waals surface area contributed by atoms with Crippen LogP contribution in [0.3, 0.4) is 0 Å². The second-order valence-electron chi connectivity index (χ2n) is 10.4. The van der Waals surface area contributed by atoms with Gasteiger partial charge < -0.3 is 16.1 Å². The van der Waals surface area contributed by atoms with Gasteiger partial charge in [0.05, 0.1) is 40.4 Å². The van der Waals surface area contributed by atoms with Crippen LogP contribution in [0.2, 0.25) is 5.02 Å². The van der Waals surface area contributed by atoms with Crippen molar-refractivity contribution >= 4 is 33.9 Å². The molecular formula is C31H28ClN7. The van der Waals surface area contributed by atoms with Gasteiger partial charge in [-0.25, -0.2) is 0 Å². The molecule has 1 aliphatic heterocycles. The summed E-state index contributed by atoms with van der Waals surface area (Å²) >= 11 is 6.82. The van der Waals surface area contributed by atoms with Gasteiger partial charge >= 0.3 is 0 Å². The van der Waals surface area contributed by atoms with Crippen molar-refractivity contribution in [2.45, 2.75) is 43.3 Å². The van der Waals surface area contributed by atoms with E-state index in [1.165, 1.54) is 5.56 Å². The van der Waals surface area contributed by atoms with E-state index in [1.54, 1.807) is 12.3 Å². The number of pyridine rings is 1. The fourth-order valence-corrected chi connectivity index (χ4v) is 5.48. The Kier molecular flexibility index (Phi) is 5.53. The number of hydrazine groups is 2. The normalized spacial score (nSPS) is 19.3. The van der Waals surface area contributed by atoms with Gasteiger partial charge in [-0.2, -0.15) is 5.26 Å². The molecule has 0 unspecified atom stereocenters. The molecule has 3 aromatic carbocycles. The molecule has 2 heterocycles. The summed E-state index contributed by atoms with van der Waals surface area (Å²) in [5, 5.41) is 20.4. The van der Waals surface area contributed by atoms with E-state index in [4.69, 9.17) is 11.6 Å². The van der Waals surface area contributed by atoms with Crippen LogP contribution in [0.5, 0.6) is 0 Å². The summed E-state index contributed by atoms with van der Waals surface area (Å²) in [6, 6.07) is 25.1. The Labute approximate surface area is 233 Å². The lowest BCUT2D eigenvalue weighted by molar-refractivity contribution is 0.260. The first kappa shape index (κ1) is 22.7. The zero-order valence-corrected chi connectivity index (χ0v) is 22.0. The molecule has 1 aromatic heterocycles. The van der Waals surface area contributed by atoms with Crippen molar-refractivity contribution in [3.8, 4) is 6.07 Å². The van der Waals surface area contributed by atoms with E-state index in [0.29, 0.717) is 39.2 Å². The van der Waals surface area contributed by atoms with Crippen molar-refractivity contribution in [1.82, 2.24) is 21.0 Å². The van der Waals surface area contributed by atoms with Crippen LogP contribution in [0.4, 0.5) is 11.4 Å². The van der Waals surface area contributed by atoms with Crippen LogP contribution in [0.15, 0.2) is 90.9 Å². The fraction of sp³-hybridized carbons (Fsp3) is 0.226. The van der Waals surface area contributed by atoms with Crippen molar-refractivity contribution in [3.63, 3.8) is 0 Å². The van der Waals surface area contributed by atoms with Gasteiger partial charge in [0.2, 0.25) is 0 Å². The Bertz CT molecular complexity index is 1660. The van der Waals surface area contributed by atoms with Crippen LogP contribution < -0.4 is 21.6 Å².